The molecule has 1 atom stereocenters. The van der Waals surface area contributed by atoms with E-state index >= 15 is 0 Å². The van der Waals surface area contributed by atoms with Crippen molar-refractivity contribution in [2.45, 2.75) is 56.2 Å². The average molecular weight is 478 g/mol. The Morgan fingerprint density at radius 2 is 1.79 bits per heavy atom. The number of fused-ring (bicyclic) bond motifs is 2. The zero-order valence-corrected chi connectivity index (χ0v) is 19.4. The lowest BCUT2D eigenvalue weighted by atomic mass is 9.72. The minimum absolute atomic E-state index is 0.0312. The first-order valence-electron chi connectivity index (χ1n) is 11.1. The molecule has 33 heavy (non-hydrogen) atoms. The molecule has 1 N–H and O–H groups in total. The molecule has 0 radical (unpaired) electrons. The number of halogens is 4. The molecule has 1 aliphatic heterocycles. The normalized spacial score (nSPS) is 20.5. The van der Waals surface area contributed by atoms with Crippen LogP contribution in [0.1, 0.15) is 61.3 Å². The molecule has 2 aromatic carbocycles. The molecule has 3 nitrogen and oxygen atoms in total. The van der Waals surface area contributed by atoms with Gasteiger partial charge in [0.25, 0.3) is 0 Å². The summed E-state index contributed by atoms with van der Waals surface area (Å²) in [6, 6.07) is 11.0. The Balaban J connectivity index is 1.51. The second-order valence-electron chi connectivity index (χ2n) is 9.64. The molecule has 2 aliphatic rings. The summed E-state index contributed by atoms with van der Waals surface area (Å²) in [7, 11) is 0. The second kappa shape index (κ2) is 8.48. The summed E-state index contributed by atoms with van der Waals surface area (Å²) in [6.07, 6.45) is 0.115. The fourth-order valence-corrected chi connectivity index (χ4v) is 5.78. The molecule has 1 unspecified atom stereocenters. The van der Waals surface area contributed by atoms with Gasteiger partial charge in [-0.2, -0.15) is 13.2 Å². The van der Waals surface area contributed by atoms with Gasteiger partial charge in [0.15, 0.2) is 0 Å². The van der Waals surface area contributed by atoms with E-state index in [1.807, 2.05) is 32.0 Å². The maximum atomic E-state index is 13.2. The number of benzene rings is 2. The molecular weight excluding hydrogens is 451 g/mol. The lowest BCUT2D eigenvalue weighted by Gasteiger charge is -2.41. The summed E-state index contributed by atoms with van der Waals surface area (Å²) in [5.74, 6) is -0.356. The van der Waals surface area contributed by atoms with E-state index in [1.165, 1.54) is 30.4 Å². The monoisotopic (exact) mass is 477 g/mol. The molecule has 0 aromatic heterocycles. The van der Waals surface area contributed by atoms with Crippen molar-refractivity contribution in [2.75, 3.05) is 13.1 Å². The summed E-state index contributed by atoms with van der Waals surface area (Å²) >= 11 is 6.61. The quantitative estimate of drug-likeness (QED) is 0.535. The average Bonchev–Trinajstić information content (AvgIpc) is 3.08. The molecule has 176 valence electrons. The Labute approximate surface area is 196 Å². The summed E-state index contributed by atoms with van der Waals surface area (Å²) in [5.41, 5.74) is 0.225. The highest BCUT2D eigenvalue weighted by Gasteiger charge is 2.50. The molecule has 1 heterocycles. The summed E-state index contributed by atoms with van der Waals surface area (Å²) in [6.45, 7) is 4.58. The molecule has 1 fully saturated rings. The predicted molar refractivity (Wildman–Crippen MR) is 123 cm³/mol. The van der Waals surface area contributed by atoms with Crippen molar-refractivity contribution in [3.05, 3.63) is 75.8 Å². The number of hydrogen-bond acceptors (Lipinski definition) is 2. The third-order valence-electron chi connectivity index (χ3n) is 7.10. The van der Waals surface area contributed by atoms with Gasteiger partial charge in [-0.1, -0.05) is 41.9 Å². The van der Waals surface area contributed by atoms with E-state index in [0.29, 0.717) is 31.0 Å². The third kappa shape index (κ3) is 4.56. The van der Waals surface area contributed by atoms with Crippen LogP contribution in [0, 0.1) is 0 Å². The van der Waals surface area contributed by atoms with E-state index in [4.69, 9.17) is 11.6 Å². The van der Waals surface area contributed by atoms with Crippen LogP contribution >= 0.6 is 11.6 Å². The van der Waals surface area contributed by atoms with Gasteiger partial charge in [-0.15, -0.1) is 0 Å². The largest absolute Gasteiger partial charge is 0.416 e. The van der Waals surface area contributed by atoms with Crippen LogP contribution in [0.2, 0.25) is 5.02 Å². The standard InChI is InChI=1S/C26H27ClF3NO2/c1-24(2,33)20-16-25(23-18(20)7-5-9-21(23)27)12-14-31(15-13-25)22(32)11-10-17-6-3-4-8-19(17)26(28,29)30/h3-11,20,33H,12-16H2,1-2H3/b11-10+. The number of likely N-dealkylation sites (tertiary alicyclic amines) is 1. The van der Waals surface area contributed by atoms with E-state index < -0.39 is 17.3 Å². The minimum atomic E-state index is -4.48. The van der Waals surface area contributed by atoms with Crippen molar-refractivity contribution in [1.82, 2.24) is 4.90 Å². The Morgan fingerprint density at radius 3 is 2.42 bits per heavy atom. The Bertz CT molecular complexity index is 1080. The first kappa shape index (κ1) is 23.8. The molecule has 1 amide bonds. The van der Waals surface area contributed by atoms with Crippen LogP contribution in [0.15, 0.2) is 48.5 Å². The Kier molecular flexibility index (Phi) is 6.12. The number of hydrogen-bond donors (Lipinski definition) is 1. The van der Waals surface area contributed by atoms with Crippen LogP contribution in [0.5, 0.6) is 0 Å². The highest BCUT2D eigenvalue weighted by Crippen LogP contribution is 2.56. The minimum Gasteiger partial charge on any atom is -0.390 e. The van der Waals surface area contributed by atoms with Crippen LogP contribution < -0.4 is 0 Å². The fourth-order valence-electron chi connectivity index (χ4n) is 5.40. The second-order valence-corrected chi connectivity index (χ2v) is 10.0. The number of aliphatic hydroxyl groups is 1. The van der Waals surface area contributed by atoms with Crippen molar-refractivity contribution in [3.8, 4) is 0 Å². The van der Waals surface area contributed by atoms with Crippen LogP contribution in [0.4, 0.5) is 13.2 Å². The van der Waals surface area contributed by atoms with E-state index in [2.05, 4.69) is 0 Å². The van der Waals surface area contributed by atoms with Crippen molar-refractivity contribution in [2.24, 2.45) is 0 Å². The lowest BCUT2D eigenvalue weighted by Crippen LogP contribution is -2.44. The Morgan fingerprint density at radius 1 is 1.12 bits per heavy atom. The number of piperidine rings is 1. The fraction of sp³-hybridized carbons (Fsp3) is 0.423. The lowest BCUT2D eigenvalue weighted by molar-refractivity contribution is -0.137. The Hall–Kier alpha value is -2.31. The molecule has 7 heteroatoms. The zero-order chi connectivity index (χ0) is 24.0. The summed E-state index contributed by atoms with van der Waals surface area (Å²) in [5, 5.41) is 11.5. The van der Waals surface area contributed by atoms with Crippen LogP contribution in [-0.2, 0) is 16.4 Å². The van der Waals surface area contributed by atoms with Crippen molar-refractivity contribution < 1.29 is 23.1 Å². The number of carbonyl (C=O) groups is 1. The molecule has 0 saturated carbocycles. The predicted octanol–water partition coefficient (Wildman–Crippen LogP) is 6.19. The first-order valence-corrected chi connectivity index (χ1v) is 11.4. The number of nitrogens with zero attached hydrogens (tertiary/aromatic N) is 1. The highest BCUT2D eigenvalue weighted by atomic mass is 35.5. The smallest absolute Gasteiger partial charge is 0.390 e. The zero-order valence-electron chi connectivity index (χ0n) is 18.6. The van der Waals surface area contributed by atoms with Crippen LogP contribution in [-0.4, -0.2) is 34.6 Å². The summed E-state index contributed by atoms with van der Waals surface area (Å²) < 4.78 is 39.6. The van der Waals surface area contributed by atoms with Crippen molar-refractivity contribution >= 4 is 23.6 Å². The number of alkyl halides is 3. The topological polar surface area (TPSA) is 40.5 Å². The number of rotatable bonds is 3. The van der Waals surface area contributed by atoms with Gasteiger partial charge in [0.1, 0.15) is 0 Å². The van der Waals surface area contributed by atoms with E-state index in [1.54, 1.807) is 4.90 Å². The van der Waals surface area contributed by atoms with Gasteiger partial charge in [0.05, 0.1) is 11.2 Å². The SMILES string of the molecule is CC(C)(O)C1CC2(CCN(C(=O)/C=C/c3ccccc3C(F)(F)F)CC2)c2c(Cl)cccc21. The van der Waals surface area contributed by atoms with Gasteiger partial charge in [0, 0.05) is 35.5 Å². The van der Waals surface area contributed by atoms with E-state index in [-0.39, 0.29) is 22.8 Å². The van der Waals surface area contributed by atoms with E-state index in [0.717, 1.165) is 23.6 Å². The maximum Gasteiger partial charge on any atom is 0.416 e. The number of amides is 1. The van der Waals surface area contributed by atoms with E-state index in [9.17, 15) is 23.1 Å². The van der Waals surface area contributed by atoms with Gasteiger partial charge in [-0.3, -0.25) is 4.79 Å². The van der Waals surface area contributed by atoms with Gasteiger partial charge < -0.3 is 10.0 Å². The van der Waals surface area contributed by atoms with Gasteiger partial charge in [0.2, 0.25) is 5.91 Å². The molecule has 1 aliphatic carbocycles. The van der Waals surface area contributed by atoms with Crippen molar-refractivity contribution in [3.63, 3.8) is 0 Å². The van der Waals surface area contributed by atoms with Gasteiger partial charge >= 0.3 is 6.18 Å². The molecule has 4 rings (SSSR count). The first-order chi connectivity index (χ1) is 15.4. The highest BCUT2D eigenvalue weighted by molar-refractivity contribution is 6.31. The van der Waals surface area contributed by atoms with Crippen molar-refractivity contribution in [1.29, 1.82) is 0 Å². The van der Waals surface area contributed by atoms with Crippen LogP contribution in [0.25, 0.3) is 6.08 Å². The van der Waals surface area contributed by atoms with Gasteiger partial charge in [-0.05, 0) is 68.0 Å². The molecule has 1 spiro atoms. The molecular formula is C26H27ClF3NO2. The number of carbonyl (C=O) groups excluding carboxylic acids is 1. The molecule has 0 bridgehead atoms. The van der Waals surface area contributed by atoms with Gasteiger partial charge in [-0.25, -0.2) is 0 Å². The molecule has 1 saturated heterocycles. The maximum absolute atomic E-state index is 13.2. The van der Waals surface area contributed by atoms with Crippen LogP contribution in [0.3, 0.4) is 0 Å². The summed E-state index contributed by atoms with van der Waals surface area (Å²) in [4.78, 5) is 14.4. The molecule has 2 aromatic rings. The third-order valence-corrected chi connectivity index (χ3v) is 7.42.